The van der Waals surface area contributed by atoms with Crippen LogP contribution >= 0.6 is 11.3 Å². The smallest absolute Gasteiger partial charge is 0.183 e. The molecule has 1 aromatic rings. The van der Waals surface area contributed by atoms with Gasteiger partial charge in [0.1, 0.15) is 0 Å². The number of thiazole rings is 1. The van der Waals surface area contributed by atoms with Crippen molar-refractivity contribution in [3.05, 3.63) is 11.1 Å². The Morgan fingerprint density at radius 1 is 1.44 bits per heavy atom. The maximum atomic E-state index is 4.45. The molecule has 0 aliphatic rings. The fourth-order valence-corrected chi connectivity index (χ4v) is 2.55. The highest BCUT2D eigenvalue weighted by Gasteiger charge is 2.13. The van der Waals surface area contributed by atoms with Gasteiger partial charge in [-0.05, 0) is 33.4 Å². The molecule has 0 radical (unpaired) electrons. The van der Waals surface area contributed by atoms with E-state index in [1.54, 1.807) is 11.3 Å². The van der Waals surface area contributed by atoms with Gasteiger partial charge in [0, 0.05) is 18.0 Å². The summed E-state index contributed by atoms with van der Waals surface area (Å²) in [6.07, 6.45) is 1.18. The van der Waals surface area contributed by atoms with Gasteiger partial charge in [0.05, 0.1) is 5.69 Å². The van der Waals surface area contributed by atoms with E-state index in [0.29, 0.717) is 12.0 Å². The van der Waals surface area contributed by atoms with E-state index in [0.717, 1.165) is 17.4 Å². The Balaban J connectivity index is 2.55. The molecule has 92 valence electrons. The van der Waals surface area contributed by atoms with Crippen LogP contribution in [-0.4, -0.2) is 36.6 Å². The SMILES string of the molecule is Cc1csc(NC(CC(C)C)CN(C)C)n1. The second kappa shape index (κ2) is 6.21. The zero-order valence-electron chi connectivity index (χ0n) is 10.9. The first kappa shape index (κ1) is 13.5. The van der Waals surface area contributed by atoms with Crippen molar-refractivity contribution in [2.24, 2.45) is 5.92 Å². The predicted octanol–water partition coefficient (Wildman–Crippen LogP) is 2.84. The average molecular weight is 241 g/mol. The van der Waals surface area contributed by atoms with Crippen LogP contribution in [0.1, 0.15) is 26.0 Å². The number of aromatic nitrogens is 1. The van der Waals surface area contributed by atoms with Crippen LogP contribution in [0.15, 0.2) is 5.38 Å². The minimum Gasteiger partial charge on any atom is -0.357 e. The van der Waals surface area contributed by atoms with Crippen LogP contribution in [-0.2, 0) is 0 Å². The third-order valence-electron chi connectivity index (χ3n) is 2.29. The molecule has 3 nitrogen and oxygen atoms in total. The molecule has 0 aliphatic carbocycles. The van der Waals surface area contributed by atoms with Crippen LogP contribution in [0.25, 0.3) is 0 Å². The molecule has 16 heavy (non-hydrogen) atoms. The number of nitrogens with zero attached hydrogens (tertiary/aromatic N) is 2. The third-order valence-corrected chi connectivity index (χ3v) is 3.18. The molecule has 0 saturated carbocycles. The first-order valence-corrected chi connectivity index (χ1v) is 6.68. The summed E-state index contributed by atoms with van der Waals surface area (Å²) in [7, 11) is 4.23. The predicted molar refractivity (Wildman–Crippen MR) is 72.3 cm³/mol. The lowest BCUT2D eigenvalue weighted by Crippen LogP contribution is -2.33. The normalized spacial score (nSPS) is 13.4. The van der Waals surface area contributed by atoms with Crippen LogP contribution in [0.4, 0.5) is 5.13 Å². The molecule has 1 rings (SSSR count). The highest BCUT2D eigenvalue weighted by Crippen LogP contribution is 2.18. The van der Waals surface area contributed by atoms with Gasteiger partial charge in [0.2, 0.25) is 0 Å². The summed E-state index contributed by atoms with van der Waals surface area (Å²) in [6.45, 7) is 7.61. The quantitative estimate of drug-likeness (QED) is 0.830. The van der Waals surface area contributed by atoms with Crippen molar-refractivity contribution < 1.29 is 0 Å². The van der Waals surface area contributed by atoms with Crippen LogP contribution in [0.2, 0.25) is 0 Å². The van der Waals surface area contributed by atoms with Crippen molar-refractivity contribution in [3.63, 3.8) is 0 Å². The van der Waals surface area contributed by atoms with Crippen LogP contribution in [0.5, 0.6) is 0 Å². The van der Waals surface area contributed by atoms with Gasteiger partial charge in [-0.15, -0.1) is 11.3 Å². The maximum absolute atomic E-state index is 4.45. The lowest BCUT2D eigenvalue weighted by atomic mass is 10.0. The van der Waals surface area contributed by atoms with Gasteiger partial charge >= 0.3 is 0 Å². The molecule has 4 heteroatoms. The first-order chi connectivity index (χ1) is 7.47. The number of aryl methyl sites for hydroxylation is 1. The molecule has 0 bridgehead atoms. The van der Waals surface area contributed by atoms with Crippen molar-refractivity contribution in [2.75, 3.05) is 26.0 Å². The molecule has 0 spiro atoms. The fourth-order valence-electron chi connectivity index (χ4n) is 1.78. The van der Waals surface area contributed by atoms with Crippen molar-refractivity contribution in [1.82, 2.24) is 9.88 Å². The van der Waals surface area contributed by atoms with Gasteiger partial charge in [-0.3, -0.25) is 0 Å². The van der Waals surface area contributed by atoms with Crippen LogP contribution in [0, 0.1) is 12.8 Å². The van der Waals surface area contributed by atoms with Crippen molar-refractivity contribution in [3.8, 4) is 0 Å². The molecular weight excluding hydrogens is 218 g/mol. The molecule has 0 aliphatic heterocycles. The zero-order valence-corrected chi connectivity index (χ0v) is 11.8. The number of hydrogen-bond donors (Lipinski definition) is 1. The lowest BCUT2D eigenvalue weighted by Gasteiger charge is -2.23. The van der Waals surface area contributed by atoms with Gasteiger partial charge < -0.3 is 10.2 Å². The zero-order chi connectivity index (χ0) is 12.1. The summed E-state index contributed by atoms with van der Waals surface area (Å²) in [5.74, 6) is 0.707. The van der Waals surface area contributed by atoms with Gasteiger partial charge in [-0.1, -0.05) is 13.8 Å². The number of hydrogen-bond acceptors (Lipinski definition) is 4. The molecular formula is C12H23N3S. The minimum atomic E-state index is 0.487. The second-order valence-corrected chi connectivity index (χ2v) is 5.89. The highest BCUT2D eigenvalue weighted by molar-refractivity contribution is 7.13. The molecule has 0 saturated heterocycles. The van der Waals surface area contributed by atoms with Gasteiger partial charge in [-0.2, -0.15) is 0 Å². The lowest BCUT2D eigenvalue weighted by molar-refractivity contribution is 0.356. The Labute approximate surface area is 103 Å². The van der Waals surface area contributed by atoms with E-state index in [-0.39, 0.29) is 0 Å². The molecule has 1 N–H and O–H groups in total. The fraction of sp³-hybridized carbons (Fsp3) is 0.750. The number of rotatable bonds is 6. The monoisotopic (exact) mass is 241 g/mol. The van der Waals surface area contributed by atoms with E-state index in [1.165, 1.54) is 6.42 Å². The number of nitrogens with one attached hydrogen (secondary N) is 1. The van der Waals surface area contributed by atoms with E-state index >= 15 is 0 Å². The summed E-state index contributed by atoms with van der Waals surface area (Å²) in [5, 5.41) is 6.66. The highest BCUT2D eigenvalue weighted by atomic mass is 32.1. The van der Waals surface area contributed by atoms with Gasteiger partial charge in [-0.25, -0.2) is 4.98 Å². The summed E-state index contributed by atoms with van der Waals surface area (Å²) in [4.78, 5) is 6.68. The summed E-state index contributed by atoms with van der Waals surface area (Å²) >= 11 is 1.69. The van der Waals surface area contributed by atoms with E-state index in [4.69, 9.17) is 0 Å². The molecule has 0 amide bonds. The van der Waals surface area contributed by atoms with Crippen molar-refractivity contribution in [2.45, 2.75) is 33.2 Å². The van der Waals surface area contributed by atoms with Gasteiger partial charge in [0.15, 0.2) is 5.13 Å². The molecule has 1 unspecified atom stereocenters. The third kappa shape index (κ3) is 4.94. The number of likely N-dealkylation sites (N-methyl/N-ethyl adjacent to an activating group) is 1. The molecule has 1 aromatic heterocycles. The Bertz CT molecular complexity index is 297. The van der Waals surface area contributed by atoms with E-state index < -0.39 is 0 Å². The summed E-state index contributed by atoms with van der Waals surface area (Å²) in [5.41, 5.74) is 1.10. The Hall–Kier alpha value is -0.610. The van der Waals surface area contributed by atoms with E-state index in [9.17, 15) is 0 Å². The minimum absolute atomic E-state index is 0.487. The standard InChI is InChI=1S/C12H23N3S/c1-9(2)6-11(7-15(4)5)14-12-13-10(3)8-16-12/h8-9,11H,6-7H2,1-5H3,(H,13,14). The number of anilines is 1. The largest absolute Gasteiger partial charge is 0.357 e. The van der Waals surface area contributed by atoms with Crippen LogP contribution < -0.4 is 5.32 Å². The van der Waals surface area contributed by atoms with E-state index in [1.807, 2.05) is 6.92 Å². The van der Waals surface area contributed by atoms with E-state index in [2.05, 4.69) is 48.5 Å². The Morgan fingerprint density at radius 2 is 2.12 bits per heavy atom. The van der Waals surface area contributed by atoms with Gasteiger partial charge in [0.25, 0.3) is 0 Å². The molecule has 0 aromatic carbocycles. The first-order valence-electron chi connectivity index (χ1n) is 5.80. The average Bonchev–Trinajstić information content (AvgIpc) is 2.48. The Morgan fingerprint density at radius 3 is 2.56 bits per heavy atom. The maximum Gasteiger partial charge on any atom is 0.183 e. The second-order valence-electron chi connectivity index (χ2n) is 5.03. The molecule has 0 fully saturated rings. The van der Waals surface area contributed by atoms with Crippen LogP contribution in [0.3, 0.4) is 0 Å². The Kier molecular flexibility index (Phi) is 5.22. The summed E-state index contributed by atoms with van der Waals surface area (Å²) < 4.78 is 0. The van der Waals surface area contributed by atoms with Crippen molar-refractivity contribution in [1.29, 1.82) is 0 Å². The summed E-state index contributed by atoms with van der Waals surface area (Å²) in [6, 6.07) is 0.487. The topological polar surface area (TPSA) is 28.2 Å². The van der Waals surface area contributed by atoms with Crippen molar-refractivity contribution >= 4 is 16.5 Å². The molecule has 1 heterocycles. The molecule has 1 atom stereocenters.